The van der Waals surface area contributed by atoms with Crippen LogP contribution in [0.2, 0.25) is 0 Å². The summed E-state index contributed by atoms with van der Waals surface area (Å²) < 4.78 is 39.5. The van der Waals surface area contributed by atoms with E-state index in [0.717, 1.165) is 0 Å². The lowest BCUT2D eigenvalue weighted by molar-refractivity contribution is -0.903. The number of carbonyl (C=O) groups is 3. The second-order valence-corrected chi connectivity index (χ2v) is 6.65. The molecule has 150 valence electrons. The van der Waals surface area contributed by atoms with Gasteiger partial charge < -0.3 is 28.2 Å². The molecule has 4 atom stereocenters. The molecular formula is C16H27FNO8+. The third-order valence-electron chi connectivity index (χ3n) is 3.61. The van der Waals surface area contributed by atoms with Crippen LogP contribution in [0.5, 0.6) is 0 Å². The zero-order valence-electron chi connectivity index (χ0n) is 15.7. The Labute approximate surface area is 151 Å². The van der Waals surface area contributed by atoms with E-state index in [9.17, 15) is 18.8 Å². The Balaban J connectivity index is 2.90. The number of alkyl halides is 1. The smallest absolute Gasteiger partial charge is 0.303 e. The molecule has 0 N–H and O–H groups in total. The maximum Gasteiger partial charge on any atom is 0.303 e. The number of ether oxygens (including phenoxy) is 5. The summed E-state index contributed by atoms with van der Waals surface area (Å²) in [6.07, 6.45) is -4.20. The quantitative estimate of drug-likeness (QED) is 0.254. The van der Waals surface area contributed by atoms with Crippen LogP contribution < -0.4 is 0 Å². The molecule has 26 heavy (non-hydrogen) atoms. The molecule has 0 spiro atoms. The fourth-order valence-electron chi connectivity index (χ4n) is 2.33. The number of nitrogens with zero attached hydrogens (tertiary/aromatic N) is 1. The first kappa shape index (κ1) is 22.3. The predicted molar refractivity (Wildman–Crippen MR) is 85.3 cm³/mol. The zero-order chi connectivity index (χ0) is 19.9. The minimum absolute atomic E-state index is 0.0778. The Kier molecular flexibility index (Phi) is 8.38. The molecule has 0 amide bonds. The molecule has 1 saturated heterocycles. The standard InChI is InChI=1S/C16H27FNO8/c1-10(19)24-13-8-23-16(22-7-6-18(4,5)9-17)15(26-12(3)21)14(13)25-11(2)20/h13-16H,6-9H2,1-5H3/q+1/t13?,14-,15+,16+/m0/s1. The van der Waals surface area contributed by atoms with E-state index in [-0.39, 0.29) is 17.7 Å². The molecule has 1 heterocycles. The fraction of sp³-hybridized carbons (Fsp3) is 0.812. The van der Waals surface area contributed by atoms with Gasteiger partial charge in [0.05, 0.1) is 27.3 Å². The second-order valence-electron chi connectivity index (χ2n) is 6.65. The van der Waals surface area contributed by atoms with Crippen LogP contribution >= 0.6 is 0 Å². The van der Waals surface area contributed by atoms with Crippen LogP contribution in [0.4, 0.5) is 4.39 Å². The molecular weight excluding hydrogens is 353 g/mol. The summed E-state index contributed by atoms with van der Waals surface area (Å²) in [6, 6.07) is 0. The summed E-state index contributed by atoms with van der Waals surface area (Å²) in [5.41, 5.74) is 0. The minimum atomic E-state index is -1.13. The lowest BCUT2D eigenvalue weighted by Crippen LogP contribution is -2.58. The van der Waals surface area contributed by atoms with Gasteiger partial charge in [0, 0.05) is 20.8 Å². The molecule has 1 aliphatic heterocycles. The van der Waals surface area contributed by atoms with Gasteiger partial charge in [-0.25, -0.2) is 0 Å². The molecule has 1 fully saturated rings. The van der Waals surface area contributed by atoms with Crippen LogP contribution in [0.25, 0.3) is 0 Å². The largest absolute Gasteiger partial charge is 0.456 e. The molecule has 1 aliphatic rings. The molecule has 0 radical (unpaired) electrons. The first-order valence-electron chi connectivity index (χ1n) is 8.18. The van der Waals surface area contributed by atoms with E-state index in [4.69, 9.17) is 23.7 Å². The molecule has 10 heteroatoms. The van der Waals surface area contributed by atoms with Crippen molar-refractivity contribution in [3.05, 3.63) is 0 Å². The molecule has 0 aromatic heterocycles. The number of likely N-dealkylation sites (N-methyl/N-ethyl adjacent to an activating group) is 1. The van der Waals surface area contributed by atoms with Gasteiger partial charge in [0.1, 0.15) is 6.54 Å². The van der Waals surface area contributed by atoms with Gasteiger partial charge in [-0.1, -0.05) is 0 Å². The third-order valence-corrected chi connectivity index (χ3v) is 3.61. The van der Waals surface area contributed by atoms with Crippen molar-refractivity contribution in [1.29, 1.82) is 0 Å². The van der Waals surface area contributed by atoms with E-state index in [1.54, 1.807) is 14.1 Å². The van der Waals surface area contributed by atoms with Crippen molar-refractivity contribution in [2.24, 2.45) is 0 Å². The van der Waals surface area contributed by atoms with Crippen molar-refractivity contribution >= 4 is 17.9 Å². The molecule has 1 unspecified atom stereocenters. The maximum absolute atomic E-state index is 12.9. The Bertz CT molecular complexity index is 512. The van der Waals surface area contributed by atoms with Gasteiger partial charge in [0.15, 0.2) is 24.6 Å². The van der Waals surface area contributed by atoms with E-state index >= 15 is 0 Å². The number of hydrogen-bond donors (Lipinski definition) is 0. The number of rotatable bonds is 8. The van der Waals surface area contributed by atoms with Crippen molar-refractivity contribution in [2.45, 2.75) is 45.4 Å². The number of quaternary nitrogens is 1. The van der Waals surface area contributed by atoms with Gasteiger partial charge in [0.2, 0.25) is 6.80 Å². The average Bonchev–Trinajstić information content (AvgIpc) is 2.51. The second kappa shape index (κ2) is 9.79. The van der Waals surface area contributed by atoms with Crippen molar-refractivity contribution in [3.63, 3.8) is 0 Å². The van der Waals surface area contributed by atoms with E-state index < -0.39 is 49.3 Å². The van der Waals surface area contributed by atoms with Gasteiger partial charge in [-0.15, -0.1) is 0 Å². The molecule has 9 nitrogen and oxygen atoms in total. The first-order valence-corrected chi connectivity index (χ1v) is 8.18. The predicted octanol–water partition coefficient (Wildman–Crippen LogP) is 0.158. The van der Waals surface area contributed by atoms with Crippen molar-refractivity contribution in [3.8, 4) is 0 Å². The van der Waals surface area contributed by atoms with Crippen LogP contribution in [-0.2, 0) is 38.1 Å². The van der Waals surface area contributed by atoms with Crippen LogP contribution in [0.3, 0.4) is 0 Å². The molecule has 0 bridgehead atoms. The monoisotopic (exact) mass is 380 g/mol. The summed E-state index contributed by atoms with van der Waals surface area (Å²) in [6.45, 7) is 3.33. The lowest BCUT2D eigenvalue weighted by Gasteiger charge is -2.40. The highest BCUT2D eigenvalue weighted by Gasteiger charge is 2.47. The molecule has 0 aromatic rings. The molecule has 0 saturated carbocycles. The third kappa shape index (κ3) is 7.22. The zero-order valence-corrected chi connectivity index (χ0v) is 15.7. The van der Waals surface area contributed by atoms with Gasteiger partial charge in [-0.3, -0.25) is 14.4 Å². The van der Waals surface area contributed by atoms with Crippen LogP contribution in [0.1, 0.15) is 20.8 Å². The molecule has 1 rings (SSSR count). The molecule has 0 aliphatic carbocycles. The maximum atomic E-state index is 12.9. The van der Waals surface area contributed by atoms with Crippen LogP contribution in [-0.4, -0.2) is 87.6 Å². The minimum Gasteiger partial charge on any atom is -0.456 e. The first-order chi connectivity index (χ1) is 12.1. The summed E-state index contributed by atoms with van der Waals surface area (Å²) in [7, 11) is 3.38. The number of hydrogen-bond acceptors (Lipinski definition) is 8. The van der Waals surface area contributed by atoms with Gasteiger partial charge >= 0.3 is 17.9 Å². The van der Waals surface area contributed by atoms with E-state index in [1.807, 2.05) is 0 Å². The Morgan fingerprint density at radius 2 is 1.54 bits per heavy atom. The van der Waals surface area contributed by atoms with Crippen molar-refractivity contribution in [1.82, 2.24) is 0 Å². The Hall–Kier alpha value is -1.78. The number of halogens is 1. The topological polar surface area (TPSA) is 97.4 Å². The lowest BCUT2D eigenvalue weighted by atomic mass is 10.0. The summed E-state index contributed by atoms with van der Waals surface area (Å²) >= 11 is 0. The average molecular weight is 380 g/mol. The highest BCUT2D eigenvalue weighted by molar-refractivity contribution is 5.68. The Morgan fingerprint density at radius 1 is 1.00 bits per heavy atom. The molecule has 0 aromatic carbocycles. The van der Waals surface area contributed by atoms with E-state index in [1.165, 1.54) is 20.8 Å². The summed E-state index contributed by atoms with van der Waals surface area (Å²) in [4.78, 5) is 34.2. The fourth-order valence-corrected chi connectivity index (χ4v) is 2.33. The van der Waals surface area contributed by atoms with E-state index in [0.29, 0.717) is 6.54 Å². The van der Waals surface area contributed by atoms with Gasteiger partial charge in [-0.2, -0.15) is 4.39 Å². The summed E-state index contributed by atoms with van der Waals surface area (Å²) in [5.74, 6) is -1.88. The van der Waals surface area contributed by atoms with Crippen LogP contribution in [0, 0.1) is 0 Å². The highest BCUT2D eigenvalue weighted by Crippen LogP contribution is 2.25. The van der Waals surface area contributed by atoms with Crippen molar-refractivity contribution < 1.29 is 46.9 Å². The van der Waals surface area contributed by atoms with Crippen molar-refractivity contribution in [2.75, 3.05) is 40.7 Å². The van der Waals surface area contributed by atoms with Gasteiger partial charge in [0.25, 0.3) is 0 Å². The van der Waals surface area contributed by atoms with E-state index in [2.05, 4.69) is 0 Å². The Morgan fingerprint density at radius 3 is 2.04 bits per heavy atom. The number of carbonyl (C=O) groups excluding carboxylic acids is 3. The summed E-state index contributed by atoms with van der Waals surface area (Å²) in [5, 5.41) is 0. The van der Waals surface area contributed by atoms with Gasteiger partial charge in [-0.05, 0) is 0 Å². The highest BCUT2D eigenvalue weighted by atomic mass is 19.1. The normalized spacial score (nSPS) is 26.1. The SMILES string of the molecule is CC(=O)OC1CO[C@@H](OCC[N+](C)(C)CF)[C@H](OC(C)=O)[C@H]1OC(C)=O. The van der Waals surface area contributed by atoms with Crippen LogP contribution in [0.15, 0.2) is 0 Å². The number of esters is 3.